The third-order valence-corrected chi connectivity index (χ3v) is 3.94. The van der Waals surface area contributed by atoms with E-state index in [0.29, 0.717) is 17.4 Å². The van der Waals surface area contributed by atoms with Crippen LogP contribution in [-0.4, -0.2) is 35.9 Å². The zero-order valence-electron chi connectivity index (χ0n) is 11.3. The van der Waals surface area contributed by atoms with E-state index in [1.807, 2.05) is 11.9 Å². The Morgan fingerprint density at radius 2 is 2.22 bits per heavy atom. The van der Waals surface area contributed by atoms with E-state index in [2.05, 4.69) is 24.1 Å². The number of piperidine rings is 1. The molecule has 0 aromatic carbocycles. The zero-order valence-corrected chi connectivity index (χ0v) is 11.3. The van der Waals surface area contributed by atoms with Crippen molar-refractivity contribution in [2.75, 3.05) is 25.5 Å². The number of aromatic nitrogens is 1. The van der Waals surface area contributed by atoms with Crippen LogP contribution in [0.15, 0.2) is 18.5 Å². The number of nitrogens with zero attached hydrogens (tertiary/aromatic N) is 2. The molecule has 2 heterocycles. The first-order chi connectivity index (χ1) is 8.63. The fraction of sp³-hybridized carbons (Fsp3) is 0.571. The maximum atomic E-state index is 12.5. The van der Waals surface area contributed by atoms with Crippen LogP contribution in [0.25, 0.3) is 0 Å². The summed E-state index contributed by atoms with van der Waals surface area (Å²) in [5.41, 5.74) is 1.52. The van der Waals surface area contributed by atoms with Crippen LogP contribution in [0.3, 0.4) is 0 Å². The first-order valence-corrected chi connectivity index (χ1v) is 6.54. The minimum Gasteiger partial charge on any atom is -0.386 e. The number of anilines is 1. The highest BCUT2D eigenvalue weighted by atomic mass is 16.2. The molecule has 4 heteroatoms. The highest BCUT2D eigenvalue weighted by molar-refractivity contribution is 5.99. The molecule has 2 unspecified atom stereocenters. The Hall–Kier alpha value is -1.58. The van der Waals surface area contributed by atoms with Crippen molar-refractivity contribution >= 4 is 11.6 Å². The van der Waals surface area contributed by atoms with Crippen LogP contribution in [0.4, 0.5) is 5.69 Å². The van der Waals surface area contributed by atoms with Gasteiger partial charge in [0.25, 0.3) is 5.91 Å². The summed E-state index contributed by atoms with van der Waals surface area (Å²) in [7, 11) is 1.81. The zero-order chi connectivity index (χ0) is 13.1. The minimum absolute atomic E-state index is 0.112. The Morgan fingerprint density at radius 3 is 2.89 bits per heavy atom. The van der Waals surface area contributed by atoms with Crippen LogP contribution >= 0.6 is 0 Å². The normalized spacial score (nSPS) is 23.8. The fourth-order valence-electron chi connectivity index (χ4n) is 2.40. The molecule has 0 spiro atoms. The molecule has 0 radical (unpaired) electrons. The van der Waals surface area contributed by atoms with Crippen molar-refractivity contribution in [2.24, 2.45) is 11.8 Å². The van der Waals surface area contributed by atoms with E-state index in [0.717, 1.165) is 25.2 Å². The molecule has 1 aromatic heterocycles. The van der Waals surface area contributed by atoms with E-state index >= 15 is 0 Å². The van der Waals surface area contributed by atoms with E-state index in [1.165, 1.54) is 0 Å². The van der Waals surface area contributed by atoms with Crippen molar-refractivity contribution < 1.29 is 4.79 Å². The molecular formula is C14H21N3O. The topological polar surface area (TPSA) is 45.2 Å². The van der Waals surface area contributed by atoms with Crippen LogP contribution in [-0.2, 0) is 0 Å². The van der Waals surface area contributed by atoms with Gasteiger partial charge in [0.2, 0.25) is 0 Å². The Labute approximate surface area is 108 Å². The molecule has 18 heavy (non-hydrogen) atoms. The molecule has 2 rings (SSSR count). The average molecular weight is 247 g/mol. The average Bonchev–Trinajstić information content (AvgIpc) is 2.41. The summed E-state index contributed by atoms with van der Waals surface area (Å²) in [4.78, 5) is 18.5. The van der Waals surface area contributed by atoms with Crippen LogP contribution in [0.5, 0.6) is 0 Å². The molecule has 1 aliphatic rings. The lowest BCUT2D eigenvalue weighted by Crippen LogP contribution is -2.42. The quantitative estimate of drug-likeness (QED) is 0.871. The second-order valence-electron chi connectivity index (χ2n) is 5.17. The summed E-state index contributed by atoms with van der Waals surface area (Å²) in [5.74, 6) is 1.39. The first kappa shape index (κ1) is 12.9. The lowest BCUT2D eigenvalue weighted by Gasteiger charge is -2.35. The lowest BCUT2D eigenvalue weighted by atomic mass is 9.88. The number of hydrogen-bond acceptors (Lipinski definition) is 3. The molecule has 1 fully saturated rings. The predicted octanol–water partition coefficient (Wildman–Crippen LogP) is 2.24. The molecule has 0 aliphatic carbocycles. The van der Waals surface area contributed by atoms with Crippen molar-refractivity contribution in [3.63, 3.8) is 0 Å². The van der Waals surface area contributed by atoms with Crippen LogP contribution in [0, 0.1) is 11.8 Å². The monoisotopic (exact) mass is 247 g/mol. The van der Waals surface area contributed by atoms with Crippen LogP contribution < -0.4 is 5.32 Å². The predicted molar refractivity (Wildman–Crippen MR) is 72.6 cm³/mol. The molecule has 2 atom stereocenters. The number of likely N-dealkylation sites (tertiary alicyclic amines) is 1. The van der Waals surface area contributed by atoms with Crippen molar-refractivity contribution in [1.29, 1.82) is 0 Å². The minimum atomic E-state index is 0.112. The Balaban J connectivity index is 2.16. The molecule has 0 bridgehead atoms. The van der Waals surface area contributed by atoms with E-state index in [-0.39, 0.29) is 5.91 Å². The van der Waals surface area contributed by atoms with Crippen molar-refractivity contribution in [1.82, 2.24) is 9.88 Å². The van der Waals surface area contributed by atoms with Gasteiger partial charge in [0, 0.05) is 26.3 Å². The summed E-state index contributed by atoms with van der Waals surface area (Å²) < 4.78 is 0. The maximum Gasteiger partial charge on any atom is 0.256 e. The van der Waals surface area contributed by atoms with Crippen molar-refractivity contribution in [3.05, 3.63) is 24.0 Å². The molecular weight excluding hydrogens is 226 g/mol. The Bertz CT molecular complexity index is 433. The number of amides is 1. The van der Waals surface area contributed by atoms with Gasteiger partial charge in [-0.25, -0.2) is 0 Å². The summed E-state index contributed by atoms with van der Waals surface area (Å²) >= 11 is 0. The lowest BCUT2D eigenvalue weighted by molar-refractivity contribution is 0.0628. The number of rotatable bonds is 2. The Kier molecular flexibility index (Phi) is 3.84. The smallest absolute Gasteiger partial charge is 0.256 e. The molecule has 1 aromatic rings. The molecule has 1 saturated heterocycles. The van der Waals surface area contributed by atoms with Gasteiger partial charge in [-0.1, -0.05) is 13.8 Å². The first-order valence-electron chi connectivity index (χ1n) is 6.54. The van der Waals surface area contributed by atoms with Crippen LogP contribution in [0.2, 0.25) is 0 Å². The van der Waals surface area contributed by atoms with Gasteiger partial charge in [-0.05, 0) is 24.3 Å². The number of carbonyl (C=O) groups excluding carboxylic acids is 1. The van der Waals surface area contributed by atoms with Gasteiger partial charge < -0.3 is 10.2 Å². The maximum absolute atomic E-state index is 12.5. The highest BCUT2D eigenvalue weighted by Crippen LogP contribution is 2.25. The second kappa shape index (κ2) is 5.38. The van der Waals surface area contributed by atoms with Gasteiger partial charge >= 0.3 is 0 Å². The van der Waals surface area contributed by atoms with Gasteiger partial charge in [0.05, 0.1) is 17.4 Å². The molecule has 0 saturated carbocycles. The van der Waals surface area contributed by atoms with Crippen molar-refractivity contribution in [3.8, 4) is 0 Å². The number of hydrogen-bond donors (Lipinski definition) is 1. The molecule has 1 amide bonds. The second-order valence-corrected chi connectivity index (χ2v) is 5.17. The molecule has 4 nitrogen and oxygen atoms in total. The summed E-state index contributed by atoms with van der Waals surface area (Å²) in [6.45, 7) is 6.19. The summed E-state index contributed by atoms with van der Waals surface area (Å²) in [6.07, 6.45) is 4.46. The van der Waals surface area contributed by atoms with E-state index in [4.69, 9.17) is 0 Å². The third kappa shape index (κ3) is 2.47. The van der Waals surface area contributed by atoms with Crippen molar-refractivity contribution in [2.45, 2.75) is 20.3 Å². The van der Waals surface area contributed by atoms with E-state index in [1.54, 1.807) is 18.5 Å². The van der Waals surface area contributed by atoms with Gasteiger partial charge in [0.1, 0.15) is 0 Å². The van der Waals surface area contributed by atoms with Crippen LogP contribution in [0.1, 0.15) is 30.6 Å². The number of nitrogens with one attached hydrogen (secondary N) is 1. The summed E-state index contributed by atoms with van der Waals surface area (Å²) in [6, 6.07) is 1.79. The number of pyridine rings is 1. The van der Waals surface area contributed by atoms with Gasteiger partial charge in [-0.3, -0.25) is 9.78 Å². The van der Waals surface area contributed by atoms with Gasteiger partial charge in [-0.15, -0.1) is 0 Å². The van der Waals surface area contributed by atoms with E-state index < -0.39 is 0 Å². The highest BCUT2D eigenvalue weighted by Gasteiger charge is 2.27. The van der Waals surface area contributed by atoms with Gasteiger partial charge in [-0.2, -0.15) is 0 Å². The fourth-order valence-corrected chi connectivity index (χ4v) is 2.40. The third-order valence-electron chi connectivity index (χ3n) is 3.94. The van der Waals surface area contributed by atoms with E-state index in [9.17, 15) is 4.79 Å². The molecule has 1 N–H and O–H groups in total. The largest absolute Gasteiger partial charge is 0.386 e. The SMILES string of the molecule is CNc1cnccc1C(=O)N1CCC(C)C(C)C1. The molecule has 98 valence electrons. The molecule has 1 aliphatic heterocycles. The standard InChI is InChI=1S/C14H21N3O/c1-10-5-7-17(9-11(10)2)14(18)12-4-6-16-8-13(12)15-3/h4,6,8,10-11,15H,5,7,9H2,1-3H3. The summed E-state index contributed by atoms with van der Waals surface area (Å²) in [5, 5.41) is 3.03. The number of carbonyl (C=O) groups is 1. The Morgan fingerprint density at radius 1 is 1.44 bits per heavy atom. The van der Waals surface area contributed by atoms with Gasteiger partial charge in [0.15, 0.2) is 0 Å².